The lowest BCUT2D eigenvalue weighted by Gasteiger charge is -2.32. The van der Waals surface area contributed by atoms with E-state index in [4.69, 9.17) is 9.31 Å². The van der Waals surface area contributed by atoms with Crippen molar-refractivity contribution >= 4 is 25.2 Å². The fourth-order valence-electron chi connectivity index (χ4n) is 3.64. The topological polar surface area (TPSA) is 58.9 Å². The van der Waals surface area contributed by atoms with E-state index in [0.29, 0.717) is 11.4 Å². The molecular weight excluding hydrogens is 302 g/mol. The van der Waals surface area contributed by atoms with Gasteiger partial charge in [0.15, 0.2) is 0 Å². The molecule has 0 bridgehead atoms. The van der Waals surface area contributed by atoms with Gasteiger partial charge in [0.25, 0.3) is 0 Å². The van der Waals surface area contributed by atoms with E-state index in [1.807, 2.05) is 33.8 Å². The summed E-state index contributed by atoms with van der Waals surface area (Å²) in [5.41, 5.74) is 1.75. The van der Waals surface area contributed by atoms with Gasteiger partial charge in [-0.25, -0.2) is 0 Å². The molecule has 0 aromatic heterocycles. The van der Waals surface area contributed by atoms with Crippen LogP contribution in [0.1, 0.15) is 71.3 Å². The molecule has 4 nitrogen and oxygen atoms in total. The van der Waals surface area contributed by atoms with Gasteiger partial charge in [-0.2, -0.15) is 0 Å². The molecular formula is C18H28B2O4. The lowest BCUT2D eigenvalue weighted by molar-refractivity contribution is 0.00578. The van der Waals surface area contributed by atoms with E-state index in [2.05, 4.69) is 6.07 Å². The Labute approximate surface area is 145 Å². The van der Waals surface area contributed by atoms with Crippen LogP contribution < -0.4 is 10.9 Å². The Hall–Kier alpha value is -0.810. The molecule has 1 aliphatic carbocycles. The van der Waals surface area contributed by atoms with E-state index < -0.39 is 25.4 Å². The molecule has 1 saturated heterocycles. The molecule has 1 aliphatic heterocycles. The van der Waals surface area contributed by atoms with Crippen LogP contribution in [0.2, 0.25) is 0 Å². The Kier molecular flexibility index (Phi) is 4.86. The van der Waals surface area contributed by atoms with Crippen molar-refractivity contribution in [3.8, 4) is 0 Å². The van der Waals surface area contributed by atoms with Gasteiger partial charge in [-0.05, 0) is 62.9 Å². The SMILES string of the molecule is CC1(C)OB(c2cc(B(O)O)cc(C3CCCCC3)c2)OC1(C)C. The summed E-state index contributed by atoms with van der Waals surface area (Å²) in [5.74, 6) is 0.485. The molecule has 1 saturated carbocycles. The predicted octanol–water partition coefficient (Wildman–Crippen LogP) is 1.71. The molecule has 0 unspecified atom stereocenters. The average molecular weight is 330 g/mol. The molecule has 6 heteroatoms. The van der Waals surface area contributed by atoms with Gasteiger partial charge in [0.2, 0.25) is 0 Å². The van der Waals surface area contributed by atoms with E-state index >= 15 is 0 Å². The van der Waals surface area contributed by atoms with Crippen LogP contribution in [0.25, 0.3) is 0 Å². The molecule has 2 aliphatic rings. The standard InChI is InChI=1S/C18H28B2O4/c1-17(2)18(3,4)24-20(23-17)16-11-14(10-15(12-16)19(21)22)13-8-6-5-7-9-13/h10-13,21-22H,5-9H2,1-4H3. The fraction of sp³-hybridized carbons (Fsp3) is 0.667. The van der Waals surface area contributed by atoms with Crippen molar-refractivity contribution in [2.24, 2.45) is 0 Å². The van der Waals surface area contributed by atoms with Gasteiger partial charge in [-0.3, -0.25) is 0 Å². The smallest absolute Gasteiger partial charge is 0.423 e. The van der Waals surface area contributed by atoms with E-state index in [9.17, 15) is 10.0 Å². The fourth-order valence-corrected chi connectivity index (χ4v) is 3.64. The first kappa shape index (κ1) is 18.0. The van der Waals surface area contributed by atoms with Crippen LogP contribution in [-0.4, -0.2) is 35.5 Å². The molecule has 1 aromatic rings. The van der Waals surface area contributed by atoms with Crippen LogP contribution in [-0.2, 0) is 9.31 Å². The average Bonchev–Trinajstić information content (AvgIpc) is 2.76. The number of rotatable bonds is 3. The molecule has 0 spiro atoms. The van der Waals surface area contributed by atoms with Crippen molar-refractivity contribution in [1.29, 1.82) is 0 Å². The lowest BCUT2D eigenvalue weighted by Crippen LogP contribution is -2.41. The van der Waals surface area contributed by atoms with Crippen LogP contribution in [0.5, 0.6) is 0 Å². The Morgan fingerprint density at radius 1 is 0.958 bits per heavy atom. The monoisotopic (exact) mass is 330 g/mol. The zero-order valence-corrected chi connectivity index (χ0v) is 15.2. The minimum absolute atomic E-state index is 0.406. The Morgan fingerprint density at radius 3 is 2.08 bits per heavy atom. The van der Waals surface area contributed by atoms with Crippen LogP contribution >= 0.6 is 0 Å². The Morgan fingerprint density at radius 2 is 1.54 bits per heavy atom. The molecule has 3 rings (SSSR count). The first-order valence-corrected chi connectivity index (χ1v) is 9.06. The summed E-state index contributed by atoms with van der Waals surface area (Å²) in [4.78, 5) is 0. The number of hydrogen-bond acceptors (Lipinski definition) is 4. The van der Waals surface area contributed by atoms with Gasteiger partial charge in [-0.15, -0.1) is 0 Å². The highest BCUT2D eigenvalue weighted by molar-refractivity contribution is 6.64. The minimum atomic E-state index is -1.48. The predicted molar refractivity (Wildman–Crippen MR) is 97.8 cm³/mol. The molecule has 2 N–H and O–H groups in total. The molecule has 2 fully saturated rings. The third kappa shape index (κ3) is 3.43. The molecule has 1 aromatic carbocycles. The summed E-state index contributed by atoms with van der Waals surface area (Å²) in [6.45, 7) is 8.11. The Balaban J connectivity index is 1.94. The summed E-state index contributed by atoms with van der Waals surface area (Å²) >= 11 is 0. The molecule has 1 heterocycles. The maximum atomic E-state index is 9.69. The maximum absolute atomic E-state index is 9.69. The largest absolute Gasteiger partial charge is 0.494 e. The van der Waals surface area contributed by atoms with Gasteiger partial charge < -0.3 is 19.4 Å². The summed E-state index contributed by atoms with van der Waals surface area (Å²) < 4.78 is 12.3. The summed E-state index contributed by atoms with van der Waals surface area (Å²) in [7, 11) is -1.95. The second-order valence-corrected chi connectivity index (χ2v) is 8.23. The van der Waals surface area contributed by atoms with Crippen molar-refractivity contribution in [1.82, 2.24) is 0 Å². The van der Waals surface area contributed by atoms with Gasteiger partial charge in [-0.1, -0.05) is 37.5 Å². The van der Waals surface area contributed by atoms with Crippen LogP contribution in [0.3, 0.4) is 0 Å². The van der Waals surface area contributed by atoms with E-state index in [0.717, 1.165) is 18.3 Å². The second-order valence-electron chi connectivity index (χ2n) is 8.23. The first-order valence-electron chi connectivity index (χ1n) is 9.06. The summed E-state index contributed by atoms with van der Waals surface area (Å²) in [5, 5.41) is 19.4. The van der Waals surface area contributed by atoms with Crippen LogP contribution in [0.4, 0.5) is 0 Å². The summed E-state index contributed by atoms with van der Waals surface area (Å²) in [6.07, 6.45) is 6.09. The van der Waals surface area contributed by atoms with Crippen molar-refractivity contribution in [3.63, 3.8) is 0 Å². The number of hydrogen-bond donors (Lipinski definition) is 2. The normalized spacial score (nSPS) is 23.5. The van der Waals surface area contributed by atoms with E-state index in [-0.39, 0.29) is 0 Å². The van der Waals surface area contributed by atoms with E-state index in [1.54, 1.807) is 6.07 Å². The van der Waals surface area contributed by atoms with E-state index in [1.165, 1.54) is 24.8 Å². The third-order valence-corrected chi connectivity index (χ3v) is 5.90. The summed E-state index contributed by atoms with van der Waals surface area (Å²) in [6, 6.07) is 5.85. The zero-order chi connectivity index (χ0) is 17.5. The maximum Gasteiger partial charge on any atom is 0.494 e. The third-order valence-electron chi connectivity index (χ3n) is 5.90. The van der Waals surface area contributed by atoms with Crippen LogP contribution in [0.15, 0.2) is 18.2 Å². The van der Waals surface area contributed by atoms with Crippen molar-refractivity contribution in [2.45, 2.75) is 76.9 Å². The van der Waals surface area contributed by atoms with Crippen molar-refractivity contribution in [2.75, 3.05) is 0 Å². The highest BCUT2D eigenvalue weighted by Crippen LogP contribution is 2.37. The highest BCUT2D eigenvalue weighted by Gasteiger charge is 2.51. The second kappa shape index (κ2) is 6.49. The molecule has 130 valence electrons. The van der Waals surface area contributed by atoms with Gasteiger partial charge in [0, 0.05) is 0 Å². The van der Waals surface area contributed by atoms with Gasteiger partial charge in [0.1, 0.15) is 0 Å². The Bertz CT molecular complexity index is 579. The highest BCUT2D eigenvalue weighted by atomic mass is 16.7. The number of benzene rings is 1. The first-order chi connectivity index (χ1) is 11.2. The van der Waals surface area contributed by atoms with Crippen molar-refractivity contribution in [3.05, 3.63) is 23.8 Å². The zero-order valence-electron chi connectivity index (χ0n) is 15.2. The van der Waals surface area contributed by atoms with Gasteiger partial charge in [0.05, 0.1) is 11.2 Å². The van der Waals surface area contributed by atoms with Crippen LogP contribution in [0, 0.1) is 0 Å². The quantitative estimate of drug-likeness (QED) is 0.829. The lowest BCUT2D eigenvalue weighted by atomic mass is 9.69. The minimum Gasteiger partial charge on any atom is -0.423 e. The van der Waals surface area contributed by atoms with Crippen molar-refractivity contribution < 1.29 is 19.4 Å². The van der Waals surface area contributed by atoms with Gasteiger partial charge >= 0.3 is 14.2 Å². The molecule has 0 radical (unpaired) electrons. The molecule has 24 heavy (non-hydrogen) atoms. The molecule has 0 atom stereocenters. The molecule has 0 amide bonds.